The number of piperazine rings is 1. The van der Waals surface area contributed by atoms with Crippen LogP contribution in [0.3, 0.4) is 0 Å². The Kier molecular flexibility index (Phi) is 5.49. The van der Waals surface area contributed by atoms with Crippen molar-refractivity contribution >= 4 is 5.91 Å². The van der Waals surface area contributed by atoms with Crippen LogP contribution in [0.25, 0.3) is 0 Å². The number of carbonyl (C=O) groups is 1. The van der Waals surface area contributed by atoms with E-state index < -0.39 is 0 Å². The van der Waals surface area contributed by atoms with Crippen molar-refractivity contribution in [3.63, 3.8) is 0 Å². The summed E-state index contributed by atoms with van der Waals surface area (Å²) < 4.78 is 1.97. The first kappa shape index (κ1) is 18.4. The molecule has 140 valence electrons. The lowest BCUT2D eigenvalue weighted by atomic mass is 10.0. The number of likely N-dealkylation sites (N-methyl/N-ethyl adjacent to an activating group) is 1. The maximum Gasteiger partial charge on any atom is 0.239 e. The van der Waals surface area contributed by atoms with Crippen molar-refractivity contribution in [2.24, 2.45) is 7.05 Å². The molecule has 0 N–H and O–H groups in total. The maximum atomic E-state index is 13.1. The van der Waals surface area contributed by atoms with Crippen LogP contribution in [-0.2, 0) is 11.8 Å². The van der Waals surface area contributed by atoms with E-state index in [9.17, 15) is 4.79 Å². The second kappa shape index (κ2) is 7.46. The molecule has 6 heteroatoms. The average Bonchev–Trinajstić information content (AvgIpc) is 3.18. The van der Waals surface area contributed by atoms with Gasteiger partial charge in [-0.15, -0.1) is 0 Å². The van der Waals surface area contributed by atoms with E-state index in [1.54, 1.807) is 0 Å². The van der Waals surface area contributed by atoms with Gasteiger partial charge in [-0.2, -0.15) is 5.10 Å². The van der Waals surface area contributed by atoms with Crippen molar-refractivity contribution in [2.75, 3.05) is 39.3 Å². The van der Waals surface area contributed by atoms with E-state index in [2.05, 4.69) is 47.5 Å². The van der Waals surface area contributed by atoms with Gasteiger partial charge in [-0.25, -0.2) is 0 Å². The van der Waals surface area contributed by atoms with Crippen LogP contribution in [0.2, 0.25) is 0 Å². The first-order valence-corrected chi connectivity index (χ1v) is 9.71. The van der Waals surface area contributed by atoms with Crippen molar-refractivity contribution in [1.29, 1.82) is 0 Å². The minimum absolute atomic E-state index is 0.0558. The van der Waals surface area contributed by atoms with E-state index >= 15 is 0 Å². The van der Waals surface area contributed by atoms with E-state index in [1.807, 2.05) is 11.7 Å². The number of nitrogens with zero attached hydrogens (tertiary/aromatic N) is 5. The number of likely N-dealkylation sites (tertiary alicyclic amines) is 1. The van der Waals surface area contributed by atoms with E-state index in [0.717, 1.165) is 57.8 Å². The topological polar surface area (TPSA) is 44.6 Å². The molecule has 3 heterocycles. The predicted molar refractivity (Wildman–Crippen MR) is 99.5 cm³/mol. The molecule has 6 nitrogen and oxygen atoms in total. The molecule has 1 aromatic heterocycles. The predicted octanol–water partition coefficient (Wildman–Crippen LogP) is 1.73. The quantitative estimate of drug-likeness (QED) is 0.832. The van der Waals surface area contributed by atoms with Crippen molar-refractivity contribution in [1.82, 2.24) is 24.5 Å². The highest BCUT2D eigenvalue weighted by atomic mass is 16.2. The highest BCUT2D eigenvalue weighted by Gasteiger charge is 2.37. The summed E-state index contributed by atoms with van der Waals surface area (Å²) in [6.07, 6.45) is 2.27. The fraction of sp³-hybridized carbons (Fsp3) is 0.789. The van der Waals surface area contributed by atoms with Gasteiger partial charge in [-0.05, 0) is 46.7 Å². The zero-order valence-corrected chi connectivity index (χ0v) is 16.5. The van der Waals surface area contributed by atoms with Crippen LogP contribution in [0.1, 0.15) is 49.7 Å². The molecule has 1 amide bonds. The molecule has 2 atom stereocenters. The van der Waals surface area contributed by atoms with Gasteiger partial charge in [0.1, 0.15) is 0 Å². The molecule has 3 rings (SSSR count). The number of amides is 1. The van der Waals surface area contributed by atoms with Gasteiger partial charge in [0, 0.05) is 50.5 Å². The number of hydrogen-bond donors (Lipinski definition) is 0. The highest BCUT2D eigenvalue weighted by molar-refractivity contribution is 5.81. The van der Waals surface area contributed by atoms with Gasteiger partial charge in [0.2, 0.25) is 5.91 Å². The van der Waals surface area contributed by atoms with Gasteiger partial charge in [0.15, 0.2) is 0 Å². The Morgan fingerprint density at radius 3 is 2.44 bits per heavy atom. The zero-order chi connectivity index (χ0) is 18.1. The molecule has 0 unspecified atom stereocenters. The van der Waals surface area contributed by atoms with Crippen LogP contribution in [0, 0.1) is 13.8 Å². The molecule has 0 radical (unpaired) electrons. The van der Waals surface area contributed by atoms with E-state index in [4.69, 9.17) is 0 Å². The standard InChI is InChI=1S/C19H33N5O/c1-6-22-10-12-23(13-11-22)19(25)16(4)24-9-7-8-17(24)18-14(2)20-21(5)15(18)3/h16-17H,6-13H2,1-5H3/t16-,17-/m1/s1. The minimum Gasteiger partial charge on any atom is -0.339 e. The maximum absolute atomic E-state index is 13.1. The molecule has 2 saturated heterocycles. The largest absolute Gasteiger partial charge is 0.339 e. The smallest absolute Gasteiger partial charge is 0.239 e. The Balaban J connectivity index is 1.72. The van der Waals surface area contributed by atoms with E-state index in [-0.39, 0.29) is 6.04 Å². The Morgan fingerprint density at radius 2 is 1.88 bits per heavy atom. The third-order valence-corrected chi connectivity index (χ3v) is 6.18. The summed E-state index contributed by atoms with van der Waals surface area (Å²) in [5, 5.41) is 4.59. The van der Waals surface area contributed by atoms with Crippen LogP contribution in [0.15, 0.2) is 0 Å². The van der Waals surface area contributed by atoms with Crippen molar-refractivity contribution in [3.05, 3.63) is 17.0 Å². The normalized spacial score (nSPS) is 24.0. The lowest BCUT2D eigenvalue weighted by molar-refractivity contribution is -0.138. The summed E-state index contributed by atoms with van der Waals surface area (Å²) in [7, 11) is 2.01. The Morgan fingerprint density at radius 1 is 1.20 bits per heavy atom. The first-order valence-electron chi connectivity index (χ1n) is 9.71. The first-order chi connectivity index (χ1) is 11.9. The molecule has 0 bridgehead atoms. The monoisotopic (exact) mass is 347 g/mol. The zero-order valence-electron chi connectivity index (χ0n) is 16.5. The van der Waals surface area contributed by atoms with Gasteiger partial charge in [0.25, 0.3) is 0 Å². The van der Waals surface area contributed by atoms with Crippen LogP contribution in [0.5, 0.6) is 0 Å². The molecule has 25 heavy (non-hydrogen) atoms. The second-order valence-electron chi connectivity index (χ2n) is 7.54. The van der Waals surface area contributed by atoms with Gasteiger partial charge in [-0.1, -0.05) is 6.92 Å². The van der Waals surface area contributed by atoms with Crippen LogP contribution in [0.4, 0.5) is 0 Å². The summed E-state index contributed by atoms with van der Waals surface area (Å²) in [6.45, 7) is 14.3. The summed E-state index contributed by atoms with van der Waals surface area (Å²) in [5.74, 6) is 0.293. The van der Waals surface area contributed by atoms with Gasteiger partial charge < -0.3 is 9.80 Å². The lowest BCUT2D eigenvalue weighted by Gasteiger charge is -2.38. The molecular formula is C19H33N5O. The Labute approximate surface area is 151 Å². The molecule has 2 aliphatic rings. The summed E-state index contributed by atoms with van der Waals surface area (Å²) in [4.78, 5) is 20.0. The Bertz CT molecular complexity index is 618. The number of aromatic nitrogens is 2. The molecule has 0 saturated carbocycles. The molecule has 0 aromatic carbocycles. The molecule has 0 spiro atoms. The number of carbonyl (C=O) groups excluding carboxylic acids is 1. The second-order valence-corrected chi connectivity index (χ2v) is 7.54. The number of aryl methyl sites for hydroxylation is 2. The molecule has 2 fully saturated rings. The van der Waals surface area contributed by atoms with Gasteiger partial charge in [-0.3, -0.25) is 14.4 Å². The SMILES string of the molecule is CCN1CCN(C(=O)[C@@H](C)N2CCC[C@@H]2c2c(C)nn(C)c2C)CC1. The number of rotatable bonds is 4. The number of hydrogen-bond acceptors (Lipinski definition) is 4. The molecular weight excluding hydrogens is 314 g/mol. The van der Waals surface area contributed by atoms with Gasteiger partial charge >= 0.3 is 0 Å². The van der Waals surface area contributed by atoms with Crippen LogP contribution >= 0.6 is 0 Å². The fourth-order valence-corrected chi connectivity index (χ4v) is 4.53. The van der Waals surface area contributed by atoms with Crippen molar-refractivity contribution < 1.29 is 4.79 Å². The van der Waals surface area contributed by atoms with Crippen LogP contribution < -0.4 is 0 Å². The van der Waals surface area contributed by atoms with E-state index in [0.29, 0.717) is 11.9 Å². The third kappa shape index (κ3) is 3.47. The van der Waals surface area contributed by atoms with Crippen molar-refractivity contribution in [2.45, 2.75) is 52.6 Å². The Hall–Kier alpha value is -1.40. The lowest BCUT2D eigenvalue weighted by Crippen LogP contribution is -2.54. The summed E-state index contributed by atoms with van der Waals surface area (Å²) >= 11 is 0. The summed E-state index contributed by atoms with van der Waals surface area (Å²) in [5.41, 5.74) is 3.66. The van der Waals surface area contributed by atoms with Gasteiger partial charge in [0.05, 0.1) is 11.7 Å². The summed E-state index contributed by atoms with van der Waals surface area (Å²) in [6, 6.07) is 0.268. The highest BCUT2D eigenvalue weighted by Crippen LogP contribution is 2.37. The average molecular weight is 348 g/mol. The third-order valence-electron chi connectivity index (χ3n) is 6.18. The van der Waals surface area contributed by atoms with Crippen molar-refractivity contribution in [3.8, 4) is 0 Å². The van der Waals surface area contributed by atoms with Crippen LogP contribution in [-0.4, -0.2) is 75.7 Å². The fourth-order valence-electron chi connectivity index (χ4n) is 4.53. The molecule has 1 aromatic rings. The van der Waals surface area contributed by atoms with E-state index in [1.165, 1.54) is 11.3 Å². The minimum atomic E-state index is -0.0558. The molecule has 2 aliphatic heterocycles. The molecule has 0 aliphatic carbocycles.